The molecule has 110 valence electrons. The van der Waals surface area contributed by atoms with E-state index < -0.39 is 6.10 Å². The highest BCUT2D eigenvalue weighted by Gasteiger charge is 2.39. The maximum Gasteiger partial charge on any atom is 0.119 e. The van der Waals surface area contributed by atoms with E-state index in [4.69, 9.17) is 9.47 Å². The number of hydrogen-bond donors (Lipinski definition) is 1. The van der Waals surface area contributed by atoms with E-state index in [2.05, 4.69) is 24.8 Å². The fourth-order valence-electron chi connectivity index (χ4n) is 3.37. The third-order valence-electron chi connectivity index (χ3n) is 4.39. The number of ether oxygens (including phenoxy) is 2. The minimum Gasteiger partial charge on any atom is -0.497 e. The summed E-state index contributed by atoms with van der Waals surface area (Å²) < 4.78 is 11.0. The van der Waals surface area contributed by atoms with Crippen LogP contribution >= 0.6 is 0 Å². The van der Waals surface area contributed by atoms with Crippen LogP contribution in [-0.2, 0) is 11.2 Å². The van der Waals surface area contributed by atoms with Gasteiger partial charge < -0.3 is 14.6 Å². The molecule has 1 fully saturated rings. The SMILES string of the molecule is COc1ccc2c(c1)C(O)C(N1CCOC(C)(C)C1)C2. The van der Waals surface area contributed by atoms with Gasteiger partial charge in [0.25, 0.3) is 0 Å². The molecule has 20 heavy (non-hydrogen) atoms. The molecule has 1 aromatic rings. The molecule has 1 aliphatic heterocycles. The molecule has 0 bridgehead atoms. The van der Waals surface area contributed by atoms with Gasteiger partial charge in [-0.1, -0.05) is 6.07 Å². The summed E-state index contributed by atoms with van der Waals surface area (Å²) in [5, 5.41) is 10.6. The molecule has 4 nitrogen and oxygen atoms in total. The Kier molecular flexibility index (Phi) is 3.48. The number of methoxy groups -OCH3 is 1. The van der Waals surface area contributed by atoms with Crippen LogP contribution in [0.25, 0.3) is 0 Å². The van der Waals surface area contributed by atoms with E-state index in [1.54, 1.807) is 7.11 Å². The van der Waals surface area contributed by atoms with Crippen molar-refractivity contribution in [1.82, 2.24) is 4.90 Å². The summed E-state index contributed by atoms with van der Waals surface area (Å²) in [5.74, 6) is 0.811. The van der Waals surface area contributed by atoms with Crippen molar-refractivity contribution in [3.8, 4) is 5.75 Å². The fourth-order valence-corrected chi connectivity index (χ4v) is 3.37. The van der Waals surface area contributed by atoms with Gasteiger partial charge >= 0.3 is 0 Å². The van der Waals surface area contributed by atoms with Crippen LogP contribution in [0.5, 0.6) is 5.75 Å². The maximum absolute atomic E-state index is 10.6. The molecule has 2 atom stereocenters. The van der Waals surface area contributed by atoms with Gasteiger partial charge in [0.2, 0.25) is 0 Å². The molecule has 0 amide bonds. The normalized spacial score (nSPS) is 29.2. The van der Waals surface area contributed by atoms with Gasteiger partial charge in [-0.3, -0.25) is 4.90 Å². The molecule has 1 aromatic carbocycles. The Hall–Kier alpha value is -1.10. The predicted molar refractivity (Wildman–Crippen MR) is 77.0 cm³/mol. The fraction of sp³-hybridized carbons (Fsp3) is 0.625. The Morgan fingerprint density at radius 1 is 1.40 bits per heavy atom. The third kappa shape index (κ3) is 2.43. The molecule has 0 radical (unpaired) electrons. The zero-order valence-corrected chi connectivity index (χ0v) is 12.4. The van der Waals surface area contributed by atoms with Crippen molar-refractivity contribution in [3.63, 3.8) is 0 Å². The highest BCUT2D eigenvalue weighted by atomic mass is 16.5. The Morgan fingerprint density at radius 2 is 2.20 bits per heavy atom. The van der Waals surface area contributed by atoms with E-state index >= 15 is 0 Å². The second kappa shape index (κ2) is 5.02. The van der Waals surface area contributed by atoms with Gasteiger partial charge in [0, 0.05) is 19.1 Å². The van der Waals surface area contributed by atoms with E-state index in [0.717, 1.165) is 37.4 Å². The Bertz CT molecular complexity index is 500. The van der Waals surface area contributed by atoms with Gasteiger partial charge in [0.15, 0.2) is 0 Å². The summed E-state index contributed by atoms with van der Waals surface area (Å²) in [6.07, 6.45) is 0.463. The van der Waals surface area contributed by atoms with Gasteiger partial charge in [-0.2, -0.15) is 0 Å². The lowest BCUT2D eigenvalue weighted by atomic mass is 10.0. The molecule has 0 spiro atoms. The van der Waals surface area contributed by atoms with Crippen LogP contribution in [0.1, 0.15) is 31.1 Å². The van der Waals surface area contributed by atoms with Gasteiger partial charge in [0.1, 0.15) is 5.75 Å². The first-order valence-electron chi connectivity index (χ1n) is 7.23. The molecule has 4 heteroatoms. The first-order chi connectivity index (χ1) is 9.50. The van der Waals surface area contributed by atoms with Crippen molar-refractivity contribution in [2.24, 2.45) is 0 Å². The summed E-state index contributed by atoms with van der Waals surface area (Å²) in [4.78, 5) is 2.36. The van der Waals surface area contributed by atoms with Crippen LogP contribution in [0.3, 0.4) is 0 Å². The highest BCUT2D eigenvalue weighted by molar-refractivity contribution is 5.41. The predicted octanol–water partition coefficient (Wildman–Crippen LogP) is 1.76. The lowest BCUT2D eigenvalue weighted by molar-refractivity contribution is -0.108. The summed E-state index contributed by atoms with van der Waals surface area (Å²) in [7, 11) is 1.66. The van der Waals surface area contributed by atoms with E-state index in [-0.39, 0.29) is 11.6 Å². The van der Waals surface area contributed by atoms with Crippen LogP contribution < -0.4 is 4.74 Å². The van der Waals surface area contributed by atoms with Gasteiger partial charge in [0.05, 0.1) is 25.4 Å². The lowest BCUT2D eigenvalue weighted by Gasteiger charge is -2.42. The van der Waals surface area contributed by atoms with Crippen molar-refractivity contribution >= 4 is 0 Å². The van der Waals surface area contributed by atoms with Crippen LogP contribution in [-0.4, -0.2) is 48.5 Å². The second-order valence-electron chi connectivity index (χ2n) is 6.36. The molecule has 1 aliphatic carbocycles. The summed E-state index contributed by atoms with van der Waals surface area (Å²) in [5.41, 5.74) is 2.11. The lowest BCUT2D eigenvalue weighted by Crippen LogP contribution is -2.53. The summed E-state index contributed by atoms with van der Waals surface area (Å²) in [6.45, 7) is 6.69. The van der Waals surface area contributed by atoms with E-state index in [1.807, 2.05) is 12.1 Å². The molecule has 1 saturated heterocycles. The number of nitrogens with zero attached hydrogens (tertiary/aromatic N) is 1. The van der Waals surface area contributed by atoms with Crippen LogP contribution in [0, 0.1) is 0 Å². The van der Waals surface area contributed by atoms with E-state index in [9.17, 15) is 5.11 Å². The topological polar surface area (TPSA) is 41.9 Å². The van der Waals surface area contributed by atoms with Gasteiger partial charge in [-0.15, -0.1) is 0 Å². The minimum absolute atomic E-state index is 0.134. The average molecular weight is 277 g/mol. The zero-order chi connectivity index (χ0) is 14.3. The van der Waals surface area contributed by atoms with Crippen molar-refractivity contribution in [3.05, 3.63) is 29.3 Å². The zero-order valence-electron chi connectivity index (χ0n) is 12.4. The van der Waals surface area contributed by atoms with Crippen LogP contribution in [0.15, 0.2) is 18.2 Å². The first-order valence-corrected chi connectivity index (χ1v) is 7.23. The third-order valence-corrected chi connectivity index (χ3v) is 4.39. The molecule has 1 N–H and O–H groups in total. The quantitative estimate of drug-likeness (QED) is 0.894. The van der Waals surface area contributed by atoms with Gasteiger partial charge in [-0.05, 0) is 43.5 Å². The highest BCUT2D eigenvalue weighted by Crippen LogP contribution is 2.37. The largest absolute Gasteiger partial charge is 0.497 e. The number of hydrogen-bond acceptors (Lipinski definition) is 4. The monoisotopic (exact) mass is 277 g/mol. The molecule has 2 aliphatic rings. The number of aliphatic hydroxyl groups is 1. The Labute approximate surface area is 120 Å². The van der Waals surface area contributed by atoms with Crippen LogP contribution in [0.2, 0.25) is 0 Å². The minimum atomic E-state index is -0.436. The molecule has 2 unspecified atom stereocenters. The van der Waals surface area contributed by atoms with E-state index in [0.29, 0.717) is 0 Å². The van der Waals surface area contributed by atoms with Gasteiger partial charge in [-0.25, -0.2) is 0 Å². The summed E-state index contributed by atoms with van der Waals surface area (Å²) in [6, 6.07) is 6.16. The first kappa shape index (κ1) is 13.9. The van der Waals surface area contributed by atoms with Crippen molar-refractivity contribution in [1.29, 1.82) is 0 Å². The van der Waals surface area contributed by atoms with Crippen molar-refractivity contribution < 1.29 is 14.6 Å². The molecule has 1 heterocycles. The summed E-state index contributed by atoms with van der Waals surface area (Å²) >= 11 is 0. The van der Waals surface area contributed by atoms with Crippen LogP contribution in [0.4, 0.5) is 0 Å². The molecule has 0 saturated carbocycles. The maximum atomic E-state index is 10.6. The molecular formula is C16H23NO3. The van der Waals surface area contributed by atoms with Crippen molar-refractivity contribution in [2.75, 3.05) is 26.8 Å². The molecule has 0 aromatic heterocycles. The number of fused-ring (bicyclic) bond motifs is 1. The van der Waals surface area contributed by atoms with Crippen molar-refractivity contribution in [2.45, 2.75) is 38.0 Å². The average Bonchev–Trinajstić information content (AvgIpc) is 2.74. The second-order valence-corrected chi connectivity index (χ2v) is 6.36. The number of morpholine rings is 1. The van der Waals surface area contributed by atoms with E-state index in [1.165, 1.54) is 5.56 Å². The number of benzene rings is 1. The smallest absolute Gasteiger partial charge is 0.119 e. The Balaban J connectivity index is 1.81. The molecular weight excluding hydrogens is 254 g/mol. The standard InChI is InChI=1S/C16H23NO3/c1-16(2)10-17(6-7-20-16)14-8-11-4-5-12(19-3)9-13(11)15(14)18/h4-5,9,14-15,18H,6-8,10H2,1-3H3. The number of aliphatic hydroxyl groups excluding tert-OH is 1. The molecule has 3 rings (SSSR count). The Morgan fingerprint density at radius 3 is 2.90 bits per heavy atom. The number of rotatable bonds is 2.